The molecule has 0 bridgehead atoms. The minimum absolute atomic E-state index is 0.0276. The lowest BCUT2D eigenvalue weighted by atomic mass is 9.75. The van der Waals surface area contributed by atoms with Crippen molar-refractivity contribution in [3.63, 3.8) is 0 Å². The molecule has 1 heterocycles. The Bertz CT molecular complexity index is 545. The van der Waals surface area contributed by atoms with Crippen LogP contribution in [0.15, 0.2) is 18.2 Å². The average molecular weight is 329 g/mol. The zero-order chi connectivity index (χ0) is 16.8. The largest absolute Gasteiger partial charge is 0.495 e. The first-order chi connectivity index (χ1) is 9.98. The Labute approximate surface area is 131 Å². The Hall–Kier alpha value is -0.828. The van der Waals surface area contributed by atoms with Gasteiger partial charge in [0.1, 0.15) is 0 Å². The van der Waals surface area contributed by atoms with Crippen LogP contribution in [0.2, 0.25) is 0 Å². The van der Waals surface area contributed by atoms with Crippen molar-refractivity contribution in [3.05, 3.63) is 29.3 Å². The first-order valence-electron chi connectivity index (χ1n) is 6.82. The number of hydrogen-bond donors (Lipinski definition) is 0. The first-order valence-corrected chi connectivity index (χ1v) is 7.23. The Morgan fingerprint density at radius 1 is 1.14 bits per heavy atom. The maximum Gasteiger partial charge on any atom is 0.495 e. The third kappa shape index (κ3) is 3.24. The van der Waals surface area contributed by atoms with Crippen molar-refractivity contribution in [2.45, 2.75) is 51.7 Å². The van der Waals surface area contributed by atoms with Crippen LogP contribution in [0, 0.1) is 0 Å². The fourth-order valence-corrected chi connectivity index (χ4v) is 2.34. The summed E-state index contributed by atoms with van der Waals surface area (Å²) in [6, 6.07) is 3.46. The topological polar surface area (TPSA) is 27.7 Å². The summed E-state index contributed by atoms with van der Waals surface area (Å²) in [5.41, 5.74) is -0.960. The molecule has 0 unspecified atom stereocenters. The van der Waals surface area contributed by atoms with Gasteiger partial charge in [-0.15, -0.1) is 0 Å². The summed E-state index contributed by atoms with van der Waals surface area (Å²) in [6.45, 7) is 7.52. The lowest BCUT2D eigenvalue weighted by molar-refractivity contribution is -0.137. The molecule has 0 aromatic heterocycles. The van der Waals surface area contributed by atoms with Crippen molar-refractivity contribution in [1.82, 2.24) is 0 Å². The van der Waals surface area contributed by atoms with Gasteiger partial charge in [-0.3, -0.25) is 0 Å². The Morgan fingerprint density at radius 2 is 1.68 bits per heavy atom. The van der Waals surface area contributed by atoms with Gasteiger partial charge in [-0.1, -0.05) is 12.1 Å². The predicted octanol–water partition coefficient (Wildman–Crippen LogP) is 2.60. The maximum absolute atomic E-state index is 12.8. The van der Waals surface area contributed by atoms with Crippen molar-refractivity contribution >= 4 is 23.1 Å². The summed E-state index contributed by atoms with van der Waals surface area (Å²) in [5, 5.41) is 0. The van der Waals surface area contributed by atoms with Crippen LogP contribution in [0.1, 0.15) is 38.8 Å². The predicted molar refractivity (Wildman–Crippen MR) is 77.7 cm³/mol. The minimum atomic E-state index is -4.41. The van der Waals surface area contributed by atoms with Crippen molar-refractivity contribution in [2.75, 3.05) is 0 Å². The van der Waals surface area contributed by atoms with E-state index < -0.39 is 30.1 Å². The second kappa shape index (κ2) is 5.67. The number of hydrogen-bond acceptors (Lipinski definition) is 3. The summed E-state index contributed by atoms with van der Waals surface area (Å²) >= 11 is 0. The van der Waals surface area contributed by atoms with Crippen LogP contribution >= 0.6 is 0 Å². The Kier molecular flexibility index (Phi) is 4.51. The number of rotatable bonds is 3. The Morgan fingerprint density at radius 3 is 2.14 bits per heavy atom. The molecule has 0 amide bonds. The van der Waals surface area contributed by atoms with Crippen LogP contribution in [0.3, 0.4) is 0 Å². The fourth-order valence-electron chi connectivity index (χ4n) is 2.18. The highest BCUT2D eigenvalue weighted by Crippen LogP contribution is 2.37. The molecule has 1 saturated heterocycles. The zero-order valence-corrected chi connectivity index (χ0v) is 13.9. The smallest absolute Gasteiger partial charge is 0.414 e. The lowest BCUT2D eigenvalue weighted by Gasteiger charge is -2.32. The molecule has 2 rings (SSSR count). The van der Waals surface area contributed by atoms with Gasteiger partial charge in [-0.2, -0.15) is 13.2 Å². The van der Waals surface area contributed by atoms with E-state index in [-0.39, 0.29) is 6.61 Å². The molecule has 1 aromatic carbocycles. The summed E-state index contributed by atoms with van der Waals surface area (Å²) in [7, 11) is 2.10. The molecule has 1 fully saturated rings. The minimum Gasteiger partial charge on any atom is -0.414 e. The molecule has 0 saturated carbocycles. The molecule has 1 aliphatic rings. The highest BCUT2D eigenvalue weighted by molar-refractivity contribution is 6.62. The van der Waals surface area contributed by atoms with Crippen molar-refractivity contribution < 1.29 is 26.9 Å². The highest BCUT2D eigenvalue weighted by atomic mass is 28.2. The molecule has 3 nitrogen and oxygen atoms in total. The summed E-state index contributed by atoms with van der Waals surface area (Å²) in [4.78, 5) is 0. The van der Waals surface area contributed by atoms with Gasteiger partial charge >= 0.3 is 13.3 Å². The van der Waals surface area contributed by atoms with Crippen molar-refractivity contribution in [3.8, 4) is 0 Å². The highest BCUT2D eigenvalue weighted by Gasteiger charge is 2.52. The second-order valence-corrected chi connectivity index (χ2v) is 6.58. The van der Waals surface area contributed by atoms with Crippen molar-refractivity contribution in [1.29, 1.82) is 0 Å². The Balaban J connectivity index is 2.40. The van der Waals surface area contributed by atoms with Crippen molar-refractivity contribution in [2.24, 2.45) is 0 Å². The van der Waals surface area contributed by atoms with E-state index in [4.69, 9.17) is 13.7 Å². The van der Waals surface area contributed by atoms with Gasteiger partial charge < -0.3 is 13.7 Å². The van der Waals surface area contributed by atoms with Gasteiger partial charge in [0.05, 0.1) is 23.4 Å². The second-order valence-electron chi connectivity index (χ2n) is 6.29. The van der Waals surface area contributed by atoms with E-state index in [1.807, 2.05) is 27.7 Å². The molecule has 0 N–H and O–H groups in total. The molecular formula is C14H17BF3O3Si. The van der Waals surface area contributed by atoms with E-state index in [1.54, 1.807) is 0 Å². The molecule has 1 aromatic rings. The van der Waals surface area contributed by atoms with E-state index in [9.17, 15) is 13.2 Å². The molecule has 1 aliphatic heterocycles. The molecule has 119 valence electrons. The van der Waals surface area contributed by atoms with Crippen LogP contribution in [-0.2, 0) is 26.5 Å². The first kappa shape index (κ1) is 17.5. The van der Waals surface area contributed by atoms with Gasteiger partial charge in [0.2, 0.25) is 10.5 Å². The van der Waals surface area contributed by atoms with Crippen LogP contribution in [0.4, 0.5) is 13.2 Å². The molecule has 8 heteroatoms. The van der Waals surface area contributed by atoms with E-state index in [0.29, 0.717) is 11.0 Å². The summed E-state index contributed by atoms with van der Waals surface area (Å²) in [5.74, 6) is 0. The molecule has 0 aliphatic carbocycles. The third-order valence-corrected chi connectivity index (χ3v) is 4.35. The van der Waals surface area contributed by atoms with E-state index in [0.717, 1.165) is 12.1 Å². The summed E-state index contributed by atoms with van der Waals surface area (Å²) < 4.78 is 55.1. The van der Waals surface area contributed by atoms with Gasteiger partial charge in [0.15, 0.2) is 0 Å². The lowest BCUT2D eigenvalue weighted by Crippen LogP contribution is -2.41. The van der Waals surface area contributed by atoms with Crippen LogP contribution in [-0.4, -0.2) is 28.8 Å². The van der Waals surface area contributed by atoms with E-state index in [2.05, 4.69) is 10.5 Å². The average Bonchev–Trinajstić information content (AvgIpc) is 2.57. The number of alkyl halides is 3. The fraction of sp³-hybridized carbons (Fsp3) is 0.571. The van der Waals surface area contributed by atoms with E-state index >= 15 is 0 Å². The third-order valence-electron chi connectivity index (χ3n) is 4.21. The number of benzene rings is 1. The monoisotopic (exact) mass is 329 g/mol. The molecule has 0 atom stereocenters. The maximum atomic E-state index is 12.8. The zero-order valence-electron chi connectivity index (χ0n) is 12.9. The normalized spacial score (nSPS) is 20.5. The molecule has 3 radical (unpaired) electrons. The van der Waals surface area contributed by atoms with Gasteiger partial charge in [0.25, 0.3) is 0 Å². The molecule has 0 spiro atoms. The van der Waals surface area contributed by atoms with Gasteiger partial charge in [-0.05, 0) is 44.8 Å². The van der Waals surface area contributed by atoms with Crippen LogP contribution in [0.5, 0.6) is 0 Å². The number of halogens is 3. The molecular weight excluding hydrogens is 312 g/mol. The standard InChI is InChI=1S/C14H17BF3O3Si/c1-12(2)13(3,4)21-15(20-12)11-6-5-10(14(16,17)18)7-9(11)8-19-22/h5-7H,8H2,1-4H3. The van der Waals surface area contributed by atoms with Gasteiger partial charge in [-0.25, -0.2) is 0 Å². The molecule has 22 heavy (non-hydrogen) atoms. The van der Waals surface area contributed by atoms with E-state index in [1.165, 1.54) is 6.07 Å². The summed E-state index contributed by atoms with van der Waals surface area (Å²) in [6.07, 6.45) is -4.41. The SMILES string of the molecule is CC1(C)OB(c2ccc(C(F)(F)F)cc2CO[Si])OC1(C)C. The van der Waals surface area contributed by atoms with Gasteiger partial charge in [0, 0.05) is 0 Å². The van der Waals surface area contributed by atoms with Crippen LogP contribution < -0.4 is 5.46 Å². The quantitative estimate of drug-likeness (QED) is 0.798. The van der Waals surface area contributed by atoms with Crippen LogP contribution in [0.25, 0.3) is 0 Å².